The van der Waals surface area contributed by atoms with Crippen molar-refractivity contribution in [1.29, 1.82) is 0 Å². The molecule has 2 rings (SSSR count). The van der Waals surface area contributed by atoms with Crippen LogP contribution in [0.5, 0.6) is 5.75 Å². The van der Waals surface area contributed by atoms with E-state index < -0.39 is 10.0 Å². The number of sulfonamides is 1. The van der Waals surface area contributed by atoms with Gasteiger partial charge >= 0.3 is 0 Å². The highest BCUT2D eigenvalue weighted by Crippen LogP contribution is 2.26. The SMILES string of the molecule is COc1ccc(S(=O)(=O)N2CCCCCC2)cc1C(=O)NC(C)C(C)C. The van der Waals surface area contributed by atoms with Crippen molar-refractivity contribution in [3.8, 4) is 5.75 Å². The molecule has 0 radical (unpaired) electrons. The zero-order valence-electron chi connectivity index (χ0n) is 16.1. The minimum Gasteiger partial charge on any atom is -0.496 e. The first-order valence-electron chi connectivity index (χ1n) is 9.26. The van der Waals surface area contributed by atoms with Crippen molar-refractivity contribution < 1.29 is 17.9 Å². The lowest BCUT2D eigenvalue weighted by Crippen LogP contribution is -2.36. The predicted molar refractivity (Wildman–Crippen MR) is 102 cm³/mol. The molecule has 26 heavy (non-hydrogen) atoms. The second-order valence-corrected chi connectivity index (χ2v) is 9.12. The first-order chi connectivity index (χ1) is 12.3. The summed E-state index contributed by atoms with van der Waals surface area (Å²) in [5.41, 5.74) is 0.246. The molecule has 1 heterocycles. The van der Waals surface area contributed by atoms with E-state index in [0.29, 0.717) is 18.8 Å². The summed E-state index contributed by atoms with van der Waals surface area (Å²) in [7, 11) is -2.14. The third-order valence-electron chi connectivity index (χ3n) is 4.98. The number of nitrogens with one attached hydrogen (secondary N) is 1. The Morgan fingerprint density at radius 1 is 1.12 bits per heavy atom. The highest BCUT2D eigenvalue weighted by Gasteiger charge is 2.27. The normalized spacial score (nSPS) is 17.6. The summed E-state index contributed by atoms with van der Waals surface area (Å²) in [5, 5.41) is 2.91. The van der Waals surface area contributed by atoms with E-state index in [9.17, 15) is 13.2 Å². The molecular weight excluding hydrogens is 352 g/mol. The molecule has 1 unspecified atom stereocenters. The number of ether oxygens (including phenoxy) is 1. The van der Waals surface area contributed by atoms with Crippen LogP contribution < -0.4 is 10.1 Å². The largest absolute Gasteiger partial charge is 0.496 e. The molecule has 1 aliphatic heterocycles. The number of carbonyl (C=O) groups is 1. The Bertz CT molecular complexity index is 723. The fraction of sp³-hybridized carbons (Fsp3) is 0.632. The van der Waals surface area contributed by atoms with Gasteiger partial charge in [0.1, 0.15) is 5.75 Å². The molecule has 7 heteroatoms. The van der Waals surface area contributed by atoms with E-state index in [4.69, 9.17) is 4.74 Å². The van der Waals surface area contributed by atoms with Crippen molar-refractivity contribution in [2.75, 3.05) is 20.2 Å². The lowest BCUT2D eigenvalue weighted by molar-refractivity contribution is 0.0927. The number of hydrogen-bond acceptors (Lipinski definition) is 4. The third kappa shape index (κ3) is 4.76. The Morgan fingerprint density at radius 2 is 1.73 bits per heavy atom. The van der Waals surface area contributed by atoms with E-state index in [0.717, 1.165) is 25.7 Å². The maximum absolute atomic E-state index is 13.0. The fourth-order valence-electron chi connectivity index (χ4n) is 2.91. The molecule has 1 atom stereocenters. The molecule has 1 N–H and O–H groups in total. The summed E-state index contributed by atoms with van der Waals surface area (Å²) < 4.78 is 32.8. The Kier molecular flexibility index (Phi) is 7.06. The maximum Gasteiger partial charge on any atom is 0.255 e. The van der Waals surface area contributed by atoms with Crippen LogP contribution in [0, 0.1) is 5.92 Å². The summed E-state index contributed by atoms with van der Waals surface area (Å²) in [4.78, 5) is 12.8. The monoisotopic (exact) mass is 382 g/mol. The number of rotatable bonds is 6. The average Bonchev–Trinajstić information content (AvgIpc) is 2.90. The van der Waals surface area contributed by atoms with E-state index >= 15 is 0 Å². The average molecular weight is 383 g/mol. The van der Waals surface area contributed by atoms with Crippen molar-refractivity contribution in [2.45, 2.75) is 57.4 Å². The molecule has 1 aliphatic rings. The summed E-state index contributed by atoms with van der Waals surface area (Å²) in [6.45, 7) is 7.01. The third-order valence-corrected chi connectivity index (χ3v) is 6.87. The van der Waals surface area contributed by atoms with Gasteiger partial charge in [0.25, 0.3) is 5.91 Å². The molecule has 1 amide bonds. The summed E-state index contributed by atoms with van der Waals surface area (Å²) in [6, 6.07) is 4.47. The van der Waals surface area contributed by atoms with Crippen molar-refractivity contribution >= 4 is 15.9 Å². The van der Waals surface area contributed by atoms with E-state index in [1.165, 1.54) is 23.5 Å². The number of carbonyl (C=O) groups excluding carboxylic acids is 1. The molecule has 1 aromatic carbocycles. The van der Waals surface area contributed by atoms with Gasteiger partial charge in [-0.15, -0.1) is 0 Å². The first kappa shape index (κ1) is 20.7. The molecule has 1 aromatic rings. The van der Waals surface area contributed by atoms with Gasteiger partial charge in [-0.25, -0.2) is 8.42 Å². The highest BCUT2D eigenvalue weighted by molar-refractivity contribution is 7.89. The van der Waals surface area contributed by atoms with Crippen molar-refractivity contribution in [3.05, 3.63) is 23.8 Å². The summed E-state index contributed by atoms with van der Waals surface area (Å²) in [5.74, 6) is 0.318. The van der Waals surface area contributed by atoms with Crippen molar-refractivity contribution in [3.63, 3.8) is 0 Å². The van der Waals surface area contributed by atoms with Crippen LogP contribution in [-0.2, 0) is 10.0 Å². The van der Waals surface area contributed by atoms with Crippen LogP contribution in [0.15, 0.2) is 23.1 Å². The maximum atomic E-state index is 13.0. The van der Waals surface area contributed by atoms with Crippen LogP contribution in [0.1, 0.15) is 56.8 Å². The smallest absolute Gasteiger partial charge is 0.255 e. The zero-order chi connectivity index (χ0) is 19.3. The quantitative estimate of drug-likeness (QED) is 0.820. The van der Waals surface area contributed by atoms with E-state index in [1.807, 2.05) is 20.8 Å². The van der Waals surface area contributed by atoms with Gasteiger partial charge in [0.05, 0.1) is 17.6 Å². The molecule has 1 fully saturated rings. The first-order valence-corrected chi connectivity index (χ1v) is 10.7. The molecular formula is C19H30N2O4S. The fourth-order valence-corrected chi connectivity index (χ4v) is 4.45. The highest BCUT2D eigenvalue weighted by atomic mass is 32.2. The van der Waals surface area contributed by atoms with Gasteiger partial charge in [-0.3, -0.25) is 4.79 Å². The molecule has 1 saturated heterocycles. The van der Waals surface area contributed by atoms with E-state index in [2.05, 4.69) is 5.32 Å². The van der Waals surface area contributed by atoms with E-state index in [1.54, 1.807) is 6.07 Å². The van der Waals surface area contributed by atoms with Crippen molar-refractivity contribution in [2.24, 2.45) is 5.92 Å². The van der Waals surface area contributed by atoms with Crippen LogP contribution in [0.2, 0.25) is 0 Å². The number of nitrogens with zero attached hydrogens (tertiary/aromatic N) is 1. The molecule has 0 spiro atoms. The Balaban J connectivity index is 2.34. The molecule has 146 valence electrons. The topological polar surface area (TPSA) is 75.7 Å². The van der Waals surface area contributed by atoms with Gasteiger partial charge in [0, 0.05) is 19.1 Å². The summed E-state index contributed by atoms with van der Waals surface area (Å²) >= 11 is 0. The summed E-state index contributed by atoms with van der Waals surface area (Å²) in [6.07, 6.45) is 3.84. The van der Waals surface area contributed by atoms with Crippen LogP contribution in [-0.4, -0.2) is 44.9 Å². The lowest BCUT2D eigenvalue weighted by Gasteiger charge is -2.21. The standard InChI is InChI=1S/C19H30N2O4S/c1-14(2)15(3)20-19(22)17-13-16(9-10-18(17)25-4)26(23,24)21-11-7-5-6-8-12-21/h9-10,13-15H,5-8,11-12H2,1-4H3,(H,20,22). The van der Waals surface area contributed by atoms with Crippen LogP contribution >= 0.6 is 0 Å². The van der Waals surface area contributed by atoms with Gasteiger partial charge in [0.15, 0.2) is 0 Å². The molecule has 0 bridgehead atoms. The Hall–Kier alpha value is -1.60. The second-order valence-electron chi connectivity index (χ2n) is 7.19. The second kappa shape index (κ2) is 8.86. The van der Waals surface area contributed by atoms with E-state index in [-0.39, 0.29) is 28.3 Å². The molecule has 0 aromatic heterocycles. The Labute approximate surface area is 157 Å². The van der Waals surface area contributed by atoms with Crippen LogP contribution in [0.3, 0.4) is 0 Å². The molecule has 0 saturated carbocycles. The van der Waals surface area contributed by atoms with Gasteiger partial charge in [-0.05, 0) is 43.9 Å². The number of methoxy groups -OCH3 is 1. The van der Waals surface area contributed by atoms with Crippen molar-refractivity contribution in [1.82, 2.24) is 9.62 Å². The minimum absolute atomic E-state index is 0.0296. The molecule has 6 nitrogen and oxygen atoms in total. The van der Waals surface area contributed by atoms with Gasteiger partial charge in [-0.1, -0.05) is 26.7 Å². The van der Waals surface area contributed by atoms with Gasteiger partial charge < -0.3 is 10.1 Å². The number of amides is 1. The predicted octanol–water partition coefficient (Wildman–Crippen LogP) is 3.03. The lowest BCUT2D eigenvalue weighted by atomic mass is 10.1. The number of benzene rings is 1. The zero-order valence-corrected chi connectivity index (χ0v) is 16.9. The molecule has 0 aliphatic carbocycles. The van der Waals surface area contributed by atoms with Gasteiger partial charge in [0.2, 0.25) is 10.0 Å². The minimum atomic E-state index is -3.61. The number of hydrogen-bond donors (Lipinski definition) is 1. The Morgan fingerprint density at radius 3 is 2.27 bits per heavy atom. The van der Waals surface area contributed by atoms with Gasteiger partial charge in [-0.2, -0.15) is 4.31 Å². The van der Waals surface area contributed by atoms with Crippen LogP contribution in [0.4, 0.5) is 0 Å². The van der Waals surface area contributed by atoms with Crippen LogP contribution in [0.25, 0.3) is 0 Å².